The number of pyridine rings is 1. The zero-order valence-electron chi connectivity index (χ0n) is 16.0. The van der Waals surface area contributed by atoms with Crippen molar-refractivity contribution in [2.24, 2.45) is 5.92 Å². The number of nitrogens with two attached hydrogens (primary N) is 1. The molecular formula is C20H24N4O3S. The van der Waals surface area contributed by atoms with E-state index in [1.54, 1.807) is 32.6 Å². The predicted octanol–water partition coefficient (Wildman–Crippen LogP) is 3.18. The van der Waals surface area contributed by atoms with Crippen LogP contribution in [-0.4, -0.2) is 42.6 Å². The Morgan fingerprint density at radius 3 is 3.00 bits per heavy atom. The molecule has 0 saturated heterocycles. The molecule has 2 aromatic heterocycles. The van der Waals surface area contributed by atoms with Crippen molar-refractivity contribution in [1.82, 2.24) is 9.88 Å². The molecule has 0 bridgehead atoms. The molecule has 0 aliphatic heterocycles. The molecule has 3 rings (SSSR count). The number of amides is 2. The quantitative estimate of drug-likeness (QED) is 0.751. The number of rotatable bonds is 5. The van der Waals surface area contributed by atoms with Crippen LogP contribution < -0.4 is 11.1 Å². The molecule has 0 radical (unpaired) electrons. The Balaban J connectivity index is 1.60. The molecule has 1 atom stereocenters. The van der Waals surface area contributed by atoms with E-state index < -0.39 is 0 Å². The van der Waals surface area contributed by atoms with Crippen molar-refractivity contribution < 1.29 is 14.3 Å². The molecule has 148 valence electrons. The first-order valence-corrected chi connectivity index (χ1v) is 9.89. The van der Waals surface area contributed by atoms with Crippen molar-refractivity contribution in [3.63, 3.8) is 0 Å². The predicted molar refractivity (Wildman–Crippen MR) is 111 cm³/mol. The molecule has 1 aliphatic rings. The minimum absolute atomic E-state index is 0.231. The van der Waals surface area contributed by atoms with E-state index in [1.165, 1.54) is 22.3 Å². The summed E-state index contributed by atoms with van der Waals surface area (Å²) in [5.74, 6) is 0.0362. The zero-order chi connectivity index (χ0) is 20.1. The second kappa shape index (κ2) is 8.88. The third-order valence-electron chi connectivity index (χ3n) is 4.56. The van der Waals surface area contributed by atoms with Crippen molar-refractivity contribution in [3.05, 3.63) is 46.6 Å². The lowest BCUT2D eigenvalue weighted by atomic mass is 9.89. The lowest BCUT2D eigenvalue weighted by Crippen LogP contribution is -2.27. The highest BCUT2D eigenvalue weighted by Gasteiger charge is 2.26. The monoisotopic (exact) mass is 400 g/mol. The molecule has 2 heterocycles. The molecule has 2 amide bonds. The van der Waals surface area contributed by atoms with Crippen molar-refractivity contribution in [2.45, 2.75) is 19.3 Å². The summed E-state index contributed by atoms with van der Waals surface area (Å²) in [6.07, 6.45) is 8.75. The minimum atomic E-state index is -0.329. The van der Waals surface area contributed by atoms with Gasteiger partial charge in [0, 0.05) is 37.4 Å². The molecule has 1 unspecified atom stereocenters. The van der Waals surface area contributed by atoms with Crippen LogP contribution in [0.25, 0.3) is 6.08 Å². The van der Waals surface area contributed by atoms with E-state index >= 15 is 0 Å². The average Bonchev–Trinajstić information content (AvgIpc) is 3.00. The first-order valence-electron chi connectivity index (χ1n) is 9.07. The van der Waals surface area contributed by atoms with Gasteiger partial charge >= 0.3 is 6.09 Å². The van der Waals surface area contributed by atoms with Gasteiger partial charge in [-0.25, -0.2) is 4.79 Å². The molecule has 0 spiro atoms. The lowest BCUT2D eigenvalue weighted by Gasteiger charge is -2.22. The maximum atomic E-state index is 12.2. The molecule has 2 aromatic rings. The largest absolute Gasteiger partial charge is 0.449 e. The molecule has 3 N–H and O–H groups in total. The van der Waals surface area contributed by atoms with Gasteiger partial charge in [-0.15, -0.1) is 11.3 Å². The van der Waals surface area contributed by atoms with E-state index in [9.17, 15) is 9.59 Å². The number of ether oxygens (including phenoxy) is 1. The summed E-state index contributed by atoms with van der Waals surface area (Å²) in [6.45, 7) is 0.393. The Kier molecular flexibility index (Phi) is 6.30. The van der Waals surface area contributed by atoms with Gasteiger partial charge in [0.05, 0.1) is 12.3 Å². The maximum Gasteiger partial charge on any atom is 0.409 e. The third-order valence-corrected chi connectivity index (χ3v) is 5.75. The van der Waals surface area contributed by atoms with Crippen LogP contribution >= 0.6 is 11.3 Å². The fourth-order valence-corrected chi connectivity index (χ4v) is 4.32. The van der Waals surface area contributed by atoms with Gasteiger partial charge in [0.15, 0.2) is 0 Å². The van der Waals surface area contributed by atoms with Crippen molar-refractivity contribution in [2.75, 3.05) is 31.8 Å². The number of nitrogens with one attached hydrogen (secondary N) is 1. The van der Waals surface area contributed by atoms with Gasteiger partial charge in [-0.3, -0.25) is 9.78 Å². The summed E-state index contributed by atoms with van der Waals surface area (Å²) in [6, 6.07) is 3.69. The molecule has 1 aliphatic carbocycles. The van der Waals surface area contributed by atoms with Crippen molar-refractivity contribution >= 4 is 40.1 Å². The Labute approximate surface area is 168 Å². The molecule has 8 heteroatoms. The molecule has 0 aromatic carbocycles. The van der Waals surface area contributed by atoms with E-state index in [-0.39, 0.29) is 17.9 Å². The van der Waals surface area contributed by atoms with Crippen molar-refractivity contribution in [1.29, 1.82) is 0 Å². The van der Waals surface area contributed by atoms with Crippen LogP contribution in [-0.2, 0) is 22.4 Å². The Hall–Kier alpha value is -2.87. The molecular weight excluding hydrogens is 376 g/mol. The second-order valence-corrected chi connectivity index (χ2v) is 8.04. The normalized spacial score (nSPS) is 15.9. The number of aromatic nitrogens is 1. The van der Waals surface area contributed by atoms with Gasteiger partial charge in [-0.2, -0.15) is 0 Å². The molecule has 0 fully saturated rings. The third kappa shape index (κ3) is 4.89. The maximum absolute atomic E-state index is 12.2. The smallest absolute Gasteiger partial charge is 0.409 e. The van der Waals surface area contributed by atoms with Gasteiger partial charge in [-0.05, 0) is 48.4 Å². The van der Waals surface area contributed by atoms with Crippen LogP contribution in [0.1, 0.15) is 22.4 Å². The minimum Gasteiger partial charge on any atom is -0.449 e. The number of carbonyl (C=O) groups is 2. The SMILES string of the molecule is CN(C)C(=O)OCC1CCc2c(sc(NC(=O)/C=C/c3cccnc3)c2N)C1. The first kappa shape index (κ1) is 19.9. The average molecular weight is 401 g/mol. The fraction of sp³-hybridized carbons (Fsp3) is 0.350. The first-order chi connectivity index (χ1) is 13.4. The van der Waals surface area contributed by atoms with Crippen molar-refractivity contribution in [3.8, 4) is 0 Å². The number of thiophene rings is 1. The number of fused-ring (bicyclic) bond motifs is 1. The van der Waals surface area contributed by atoms with E-state index in [2.05, 4.69) is 10.3 Å². The second-order valence-electron chi connectivity index (χ2n) is 6.94. The number of hydrogen-bond donors (Lipinski definition) is 2. The summed E-state index contributed by atoms with van der Waals surface area (Å²) >= 11 is 1.50. The summed E-state index contributed by atoms with van der Waals surface area (Å²) in [5, 5.41) is 3.55. The highest BCUT2D eigenvalue weighted by Crippen LogP contribution is 2.41. The Morgan fingerprint density at radius 1 is 1.46 bits per heavy atom. The number of carbonyl (C=O) groups excluding carboxylic acids is 2. The highest BCUT2D eigenvalue weighted by molar-refractivity contribution is 7.17. The van der Waals surface area contributed by atoms with Gasteiger partial charge in [-0.1, -0.05) is 6.07 Å². The van der Waals surface area contributed by atoms with E-state index in [0.717, 1.165) is 35.3 Å². The number of nitrogens with zero attached hydrogens (tertiary/aromatic N) is 2. The van der Waals surface area contributed by atoms with Crippen LogP contribution in [0, 0.1) is 5.92 Å². The summed E-state index contributed by atoms with van der Waals surface area (Å²) in [5.41, 5.74) is 8.86. The van der Waals surface area contributed by atoms with E-state index in [0.29, 0.717) is 17.3 Å². The number of hydrogen-bond acceptors (Lipinski definition) is 6. The summed E-state index contributed by atoms with van der Waals surface area (Å²) < 4.78 is 5.31. The molecule has 28 heavy (non-hydrogen) atoms. The molecule has 7 nitrogen and oxygen atoms in total. The summed E-state index contributed by atoms with van der Waals surface area (Å²) in [7, 11) is 3.33. The van der Waals surface area contributed by atoms with Gasteiger partial charge in [0.25, 0.3) is 0 Å². The van der Waals surface area contributed by atoms with Gasteiger partial charge in [0.1, 0.15) is 5.00 Å². The van der Waals surface area contributed by atoms with Gasteiger partial charge in [0.2, 0.25) is 5.91 Å². The molecule has 0 saturated carbocycles. The van der Waals surface area contributed by atoms with Crippen LogP contribution in [0.4, 0.5) is 15.5 Å². The fourth-order valence-electron chi connectivity index (χ4n) is 3.03. The summed E-state index contributed by atoms with van der Waals surface area (Å²) in [4.78, 5) is 30.4. The Morgan fingerprint density at radius 2 is 2.29 bits per heavy atom. The van der Waals surface area contributed by atoms with E-state index in [4.69, 9.17) is 10.5 Å². The standard InChI is InChI=1S/C20H24N4O3S/c1-24(2)20(26)27-12-14-5-7-15-16(10-14)28-19(18(15)21)23-17(25)8-6-13-4-3-9-22-11-13/h3-4,6,8-9,11,14H,5,7,10,12,21H2,1-2H3,(H,23,25)/b8-6+. The van der Waals surface area contributed by atoms with E-state index in [1.807, 2.05) is 12.1 Å². The lowest BCUT2D eigenvalue weighted by molar-refractivity contribution is -0.111. The van der Waals surface area contributed by atoms with Crippen LogP contribution in [0.2, 0.25) is 0 Å². The Bertz CT molecular complexity index is 877. The highest BCUT2D eigenvalue weighted by atomic mass is 32.1. The number of nitrogen functional groups attached to an aromatic ring is 1. The topological polar surface area (TPSA) is 97.5 Å². The zero-order valence-corrected chi connectivity index (χ0v) is 16.8. The number of anilines is 2. The van der Waals surface area contributed by atoms with Crippen LogP contribution in [0.3, 0.4) is 0 Å². The van der Waals surface area contributed by atoms with Crippen LogP contribution in [0.5, 0.6) is 0 Å². The van der Waals surface area contributed by atoms with Gasteiger partial charge < -0.3 is 20.7 Å². The van der Waals surface area contributed by atoms with Crippen LogP contribution in [0.15, 0.2) is 30.6 Å².